The van der Waals surface area contributed by atoms with Gasteiger partial charge in [0.1, 0.15) is 6.61 Å². The molecule has 2 atom stereocenters. The molecule has 4 rings (SSSR count). The molecule has 0 radical (unpaired) electrons. The normalized spacial score (nSPS) is 22.1. The number of nitrogens with two attached hydrogens (primary N) is 1. The van der Waals surface area contributed by atoms with Crippen LogP contribution in [0.3, 0.4) is 0 Å². The van der Waals surface area contributed by atoms with E-state index in [2.05, 4.69) is 13.0 Å². The molecule has 1 amide bonds. The van der Waals surface area contributed by atoms with E-state index >= 15 is 0 Å². The minimum Gasteiger partial charge on any atom is -0.487 e. The molecule has 0 bridgehead atoms. The molecule has 25 heavy (non-hydrogen) atoms. The standard InChI is InChI=1S/C19H23N3O3/c1-4-21-15(23)5-10(2)13-7-14-11(3)6-16(24)22-12(8-20)9-25-19(17(13)21)18(14)22/h6-7,10,12H,4-5,8-9,20H2,1-3H3/t10-,12?/m1/s1. The number of amides is 1. The molecule has 0 saturated carbocycles. The van der Waals surface area contributed by atoms with Crippen LogP contribution in [-0.4, -0.2) is 30.2 Å². The number of anilines is 1. The summed E-state index contributed by atoms with van der Waals surface area (Å²) in [5, 5.41) is 1.00. The number of carbonyl (C=O) groups is 1. The Labute approximate surface area is 146 Å². The summed E-state index contributed by atoms with van der Waals surface area (Å²) in [6, 6.07) is 3.61. The number of hydrogen-bond acceptors (Lipinski definition) is 4. The predicted molar refractivity (Wildman–Crippen MR) is 97.6 cm³/mol. The van der Waals surface area contributed by atoms with Gasteiger partial charge in [-0.2, -0.15) is 0 Å². The third-order valence-electron chi connectivity index (χ3n) is 5.46. The molecule has 0 aliphatic carbocycles. The van der Waals surface area contributed by atoms with Crippen molar-refractivity contribution in [3.05, 3.63) is 33.6 Å². The Morgan fingerprint density at radius 3 is 2.76 bits per heavy atom. The summed E-state index contributed by atoms with van der Waals surface area (Å²) in [4.78, 5) is 27.0. The molecule has 132 valence electrons. The molecule has 1 aromatic carbocycles. The first kappa shape index (κ1) is 16.1. The molecular formula is C19H23N3O3. The van der Waals surface area contributed by atoms with Crippen LogP contribution in [-0.2, 0) is 4.79 Å². The summed E-state index contributed by atoms with van der Waals surface area (Å²) >= 11 is 0. The molecule has 6 heteroatoms. The van der Waals surface area contributed by atoms with Crippen LogP contribution < -0.4 is 20.9 Å². The van der Waals surface area contributed by atoms with E-state index in [4.69, 9.17) is 10.5 Å². The smallest absolute Gasteiger partial charge is 0.251 e. The number of fused-ring (bicyclic) bond motifs is 2. The third kappa shape index (κ3) is 2.13. The Balaban J connectivity index is 2.17. The molecule has 0 spiro atoms. The van der Waals surface area contributed by atoms with Crippen LogP contribution in [0.4, 0.5) is 5.69 Å². The Hall–Kier alpha value is -2.34. The molecule has 1 unspecified atom stereocenters. The lowest BCUT2D eigenvalue weighted by molar-refractivity contribution is -0.119. The molecule has 2 N–H and O–H groups in total. The van der Waals surface area contributed by atoms with Crippen LogP contribution in [0.15, 0.2) is 16.9 Å². The zero-order valence-electron chi connectivity index (χ0n) is 14.8. The van der Waals surface area contributed by atoms with Gasteiger partial charge in [-0.25, -0.2) is 0 Å². The van der Waals surface area contributed by atoms with Crippen molar-refractivity contribution in [3.63, 3.8) is 0 Å². The molecule has 0 fully saturated rings. The lowest BCUT2D eigenvalue weighted by Crippen LogP contribution is -2.40. The first-order valence-corrected chi connectivity index (χ1v) is 8.83. The van der Waals surface area contributed by atoms with E-state index in [-0.39, 0.29) is 23.4 Å². The number of rotatable bonds is 2. The van der Waals surface area contributed by atoms with Crippen molar-refractivity contribution in [3.8, 4) is 5.75 Å². The maximum absolute atomic E-state index is 12.7. The van der Waals surface area contributed by atoms with Gasteiger partial charge in [-0.15, -0.1) is 0 Å². The highest BCUT2D eigenvalue weighted by molar-refractivity contribution is 6.04. The van der Waals surface area contributed by atoms with Gasteiger partial charge in [-0.1, -0.05) is 6.92 Å². The monoisotopic (exact) mass is 341 g/mol. The zero-order valence-corrected chi connectivity index (χ0v) is 14.8. The maximum atomic E-state index is 12.7. The second kappa shape index (κ2) is 5.59. The van der Waals surface area contributed by atoms with Crippen molar-refractivity contribution in [1.82, 2.24) is 4.57 Å². The Morgan fingerprint density at radius 2 is 2.08 bits per heavy atom. The summed E-state index contributed by atoms with van der Waals surface area (Å²) in [7, 11) is 0. The SMILES string of the molecule is CCN1C(=O)C[C@@H](C)c2cc3c(C)cc(=O)n4c3c(c21)OCC4CN. The highest BCUT2D eigenvalue weighted by atomic mass is 16.5. The first-order valence-electron chi connectivity index (χ1n) is 8.83. The number of carbonyl (C=O) groups excluding carboxylic acids is 1. The van der Waals surface area contributed by atoms with E-state index in [1.165, 1.54) is 0 Å². The summed E-state index contributed by atoms with van der Waals surface area (Å²) < 4.78 is 7.85. The van der Waals surface area contributed by atoms with Crippen molar-refractivity contribution in [2.75, 3.05) is 24.6 Å². The zero-order chi connectivity index (χ0) is 17.9. The Kier molecular flexibility index (Phi) is 3.61. The molecular weight excluding hydrogens is 318 g/mol. The number of aromatic nitrogens is 1. The van der Waals surface area contributed by atoms with E-state index in [1.54, 1.807) is 15.5 Å². The fourth-order valence-corrected chi connectivity index (χ4v) is 4.16. The molecule has 1 aromatic heterocycles. The summed E-state index contributed by atoms with van der Waals surface area (Å²) in [6.45, 7) is 7.23. The predicted octanol–water partition coefficient (Wildman–Crippen LogP) is 2.06. The highest BCUT2D eigenvalue weighted by Crippen LogP contribution is 2.48. The van der Waals surface area contributed by atoms with Crippen LogP contribution in [0.2, 0.25) is 0 Å². The van der Waals surface area contributed by atoms with Crippen molar-refractivity contribution >= 4 is 22.5 Å². The van der Waals surface area contributed by atoms with Gasteiger partial charge in [0.15, 0.2) is 5.75 Å². The Morgan fingerprint density at radius 1 is 1.32 bits per heavy atom. The van der Waals surface area contributed by atoms with E-state index < -0.39 is 0 Å². The average Bonchev–Trinajstić information content (AvgIpc) is 2.59. The average molecular weight is 341 g/mol. The van der Waals surface area contributed by atoms with Gasteiger partial charge in [-0.05, 0) is 37.0 Å². The summed E-state index contributed by atoms with van der Waals surface area (Å²) in [5.74, 6) is 0.880. The van der Waals surface area contributed by atoms with Crippen LogP contribution in [0.25, 0.3) is 10.9 Å². The second-order valence-electron chi connectivity index (χ2n) is 7.02. The second-order valence-corrected chi connectivity index (χ2v) is 7.02. The number of pyridine rings is 1. The van der Waals surface area contributed by atoms with Gasteiger partial charge in [-0.3, -0.25) is 14.2 Å². The van der Waals surface area contributed by atoms with Gasteiger partial charge < -0.3 is 15.4 Å². The van der Waals surface area contributed by atoms with E-state index in [1.807, 2.05) is 13.8 Å². The van der Waals surface area contributed by atoms with Crippen molar-refractivity contribution in [2.24, 2.45) is 5.73 Å². The van der Waals surface area contributed by atoms with Gasteiger partial charge >= 0.3 is 0 Å². The third-order valence-corrected chi connectivity index (χ3v) is 5.46. The van der Waals surface area contributed by atoms with Crippen LogP contribution >= 0.6 is 0 Å². The topological polar surface area (TPSA) is 77.6 Å². The fourth-order valence-electron chi connectivity index (χ4n) is 4.16. The molecule has 2 aliphatic rings. The minimum absolute atomic E-state index is 0.0665. The maximum Gasteiger partial charge on any atom is 0.251 e. The van der Waals surface area contributed by atoms with Gasteiger partial charge in [0, 0.05) is 31.0 Å². The number of benzene rings is 1. The van der Waals surface area contributed by atoms with Gasteiger partial charge in [0.25, 0.3) is 5.56 Å². The van der Waals surface area contributed by atoms with Crippen LogP contribution in [0.1, 0.15) is 43.4 Å². The first-order chi connectivity index (χ1) is 12.0. The van der Waals surface area contributed by atoms with E-state index in [0.29, 0.717) is 31.9 Å². The molecule has 6 nitrogen and oxygen atoms in total. The summed E-state index contributed by atoms with van der Waals surface area (Å²) in [6.07, 6.45) is 0.496. The lowest BCUT2D eigenvalue weighted by atomic mass is 9.88. The van der Waals surface area contributed by atoms with Crippen LogP contribution in [0, 0.1) is 6.92 Å². The fraction of sp³-hybridized carbons (Fsp3) is 0.474. The molecule has 2 aromatic rings. The molecule has 3 heterocycles. The molecule has 2 aliphatic heterocycles. The number of hydrogen-bond donors (Lipinski definition) is 1. The van der Waals surface area contributed by atoms with E-state index in [0.717, 1.165) is 27.7 Å². The van der Waals surface area contributed by atoms with Crippen LogP contribution in [0.5, 0.6) is 5.75 Å². The minimum atomic E-state index is -0.187. The quantitative estimate of drug-likeness (QED) is 0.907. The Bertz CT molecular complexity index is 947. The largest absolute Gasteiger partial charge is 0.487 e. The molecule has 0 saturated heterocycles. The summed E-state index contributed by atoms with van der Waals surface area (Å²) in [5.41, 5.74) is 9.44. The van der Waals surface area contributed by atoms with Crippen molar-refractivity contribution in [1.29, 1.82) is 0 Å². The highest BCUT2D eigenvalue weighted by Gasteiger charge is 2.35. The number of nitrogens with zero attached hydrogens (tertiary/aromatic N) is 2. The number of aryl methyl sites for hydroxylation is 1. The lowest BCUT2D eigenvalue weighted by Gasteiger charge is -2.37. The van der Waals surface area contributed by atoms with E-state index in [9.17, 15) is 9.59 Å². The van der Waals surface area contributed by atoms with Gasteiger partial charge in [0.2, 0.25) is 5.91 Å². The number of ether oxygens (including phenoxy) is 1. The van der Waals surface area contributed by atoms with Crippen molar-refractivity contribution < 1.29 is 9.53 Å². The van der Waals surface area contributed by atoms with Gasteiger partial charge in [0.05, 0.1) is 17.2 Å². The van der Waals surface area contributed by atoms with Crippen molar-refractivity contribution in [2.45, 2.75) is 39.2 Å².